The molecule has 2 aromatic rings. The molecule has 0 radical (unpaired) electrons. The molecule has 0 bridgehead atoms. The van der Waals surface area contributed by atoms with E-state index in [0.717, 1.165) is 0 Å². The van der Waals surface area contributed by atoms with Gasteiger partial charge in [0.15, 0.2) is 0 Å². The molecule has 1 aliphatic heterocycles. The van der Waals surface area contributed by atoms with E-state index in [1.165, 1.54) is 21.1 Å². The van der Waals surface area contributed by atoms with E-state index in [4.69, 9.17) is 12.2 Å². The molecule has 1 saturated heterocycles. The van der Waals surface area contributed by atoms with Gasteiger partial charge < -0.3 is 5.32 Å². The Balaban J connectivity index is 2.16. The van der Waals surface area contributed by atoms with Gasteiger partial charge in [-0.1, -0.05) is 43.9 Å². The van der Waals surface area contributed by atoms with Gasteiger partial charge in [0.2, 0.25) is 0 Å². The molecule has 130 valence electrons. The van der Waals surface area contributed by atoms with E-state index in [9.17, 15) is 9.59 Å². The van der Waals surface area contributed by atoms with Crippen molar-refractivity contribution in [2.45, 2.75) is 13.8 Å². The lowest BCUT2D eigenvalue weighted by Gasteiger charge is -2.12. The maximum atomic E-state index is 12.9. The number of likely N-dealkylation sites (N-methyl/N-ethyl adjacent to an activating group) is 1. The van der Waals surface area contributed by atoms with Gasteiger partial charge in [-0.25, -0.2) is 4.98 Å². The second-order valence-electron chi connectivity index (χ2n) is 6.12. The van der Waals surface area contributed by atoms with Gasteiger partial charge in [-0.2, -0.15) is 0 Å². The number of fused-ring (bicyclic) bond motifs is 1. The highest BCUT2D eigenvalue weighted by molar-refractivity contribution is 8.26. The molecule has 1 aliphatic rings. The maximum absolute atomic E-state index is 12.9. The van der Waals surface area contributed by atoms with Crippen LogP contribution in [0, 0.1) is 5.92 Å². The summed E-state index contributed by atoms with van der Waals surface area (Å²) in [6.45, 7) is 4.82. The van der Waals surface area contributed by atoms with Crippen LogP contribution in [0.3, 0.4) is 0 Å². The zero-order chi connectivity index (χ0) is 18.1. The normalized spacial score (nSPS) is 16.5. The summed E-state index contributed by atoms with van der Waals surface area (Å²) < 4.78 is 1.95. The Bertz CT molecular complexity index is 949. The van der Waals surface area contributed by atoms with Crippen LogP contribution in [0.15, 0.2) is 34.1 Å². The highest BCUT2D eigenvalue weighted by Gasteiger charge is 2.29. The zero-order valence-corrected chi connectivity index (χ0v) is 15.8. The first-order valence-corrected chi connectivity index (χ1v) is 9.07. The number of nitrogens with one attached hydrogen (secondary N) is 1. The number of aromatic nitrogens is 2. The number of hydrogen-bond acceptors (Lipinski definition) is 6. The minimum atomic E-state index is -0.224. The lowest BCUT2D eigenvalue weighted by Crippen LogP contribution is -2.23. The monoisotopic (exact) mass is 374 g/mol. The largest absolute Gasteiger partial charge is 0.369 e. The average molecular weight is 374 g/mol. The van der Waals surface area contributed by atoms with Gasteiger partial charge >= 0.3 is 0 Å². The molecule has 1 amide bonds. The van der Waals surface area contributed by atoms with Gasteiger partial charge in [0.1, 0.15) is 15.8 Å². The van der Waals surface area contributed by atoms with Crippen molar-refractivity contribution in [3.63, 3.8) is 0 Å². The number of nitrogens with zero attached hydrogens (tertiary/aromatic N) is 3. The van der Waals surface area contributed by atoms with Gasteiger partial charge in [0, 0.05) is 19.8 Å². The first-order valence-electron chi connectivity index (χ1n) is 7.85. The third-order valence-electron chi connectivity index (χ3n) is 3.71. The van der Waals surface area contributed by atoms with Crippen LogP contribution in [0.25, 0.3) is 11.7 Å². The van der Waals surface area contributed by atoms with Crippen LogP contribution in [0.4, 0.5) is 5.82 Å². The van der Waals surface area contributed by atoms with E-state index in [1.807, 2.05) is 6.07 Å². The minimum absolute atomic E-state index is 0.206. The molecule has 0 aliphatic carbocycles. The molecule has 0 spiro atoms. The number of pyridine rings is 1. The fourth-order valence-corrected chi connectivity index (χ4v) is 3.51. The summed E-state index contributed by atoms with van der Waals surface area (Å²) in [7, 11) is 1.63. The van der Waals surface area contributed by atoms with Crippen LogP contribution in [-0.2, 0) is 4.79 Å². The predicted molar refractivity (Wildman–Crippen MR) is 106 cm³/mol. The molecule has 8 heteroatoms. The highest BCUT2D eigenvalue weighted by Crippen LogP contribution is 2.31. The quantitative estimate of drug-likeness (QED) is 0.655. The van der Waals surface area contributed by atoms with Crippen molar-refractivity contribution in [3.8, 4) is 0 Å². The van der Waals surface area contributed by atoms with Gasteiger partial charge in [-0.15, -0.1) is 0 Å². The van der Waals surface area contributed by atoms with Crippen LogP contribution >= 0.6 is 24.0 Å². The second kappa shape index (κ2) is 6.97. The fourth-order valence-electron chi connectivity index (χ4n) is 2.35. The van der Waals surface area contributed by atoms with Gasteiger partial charge in [0.25, 0.3) is 11.5 Å². The summed E-state index contributed by atoms with van der Waals surface area (Å²) >= 11 is 6.34. The van der Waals surface area contributed by atoms with E-state index in [0.29, 0.717) is 38.7 Å². The molecule has 0 unspecified atom stereocenters. The highest BCUT2D eigenvalue weighted by atomic mass is 32.2. The van der Waals surface area contributed by atoms with Crippen LogP contribution in [-0.4, -0.2) is 38.1 Å². The molecule has 6 nitrogen and oxygen atoms in total. The van der Waals surface area contributed by atoms with Crippen LogP contribution < -0.4 is 10.9 Å². The average Bonchev–Trinajstić information content (AvgIpc) is 2.83. The molecule has 0 atom stereocenters. The first kappa shape index (κ1) is 17.6. The Morgan fingerprint density at radius 2 is 2.12 bits per heavy atom. The lowest BCUT2D eigenvalue weighted by atomic mass is 10.2. The summed E-state index contributed by atoms with van der Waals surface area (Å²) in [5.41, 5.74) is 0.690. The second-order valence-corrected chi connectivity index (χ2v) is 7.80. The number of rotatable bonds is 4. The molecule has 25 heavy (non-hydrogen) atoms. The van der Waals surface area contributed by atoms with Crippen LogP contribution in [0.1, 0.15) is 19.4 Å². The van der Waals surface area contributed by atoms with Crippen LogP contribution in [0.5, 0.6) is 0 Å². The molecule has 2 aromatic heterocycles. The van der Waals surface area contributed by atoms with E-state index < -0.39 is 0 Å². The Morgan fingerprint density at radius 1 is 1.36 bits per heavy atom. The summed E-state index contributed by atoms with van der Waals surface area (Å²) in [5.74, 6) is 0.659. The molecule has 0 aromatic carbocycles. The number of thioether (sulfide) groups is 1. The number of carbonyl (C=O) groups excluding carboxylic acids is 1. The number of amides is 1. The van der Waals surface area contributed by atoms with Gasteiger partial charge in [-0.05, 0) is 24.1 Å². The Labute approximate surface area is 154 Å². The third-order valence-corrected chi connectivity index (χ3v) is 5.19. The zero-order valence-electron chi connectivity index (χ0n) is 14.1. The topological polar surface area (TPSA) is 66.7 Å². The fraction of sp³-hybridized carbons (Fsp3) is 0.294. The smallest absolute Gasteiger partial charge is 0.267 e. The van der Waals surface area contributed by atoms with E-state index >= 15 is 0 Å². The SMILES string of the molecule is CC(C)CNc1nc2ccccn2c(=O)c1C=C1SC(=S)N(C)C1=O. The lowest BCUT2D eigenvalue weighted by molar-refractivity contribution is -0.121. The summed E-state index contributed by atoms with van der Waals surface area (Å²) in [5, 5.41) is 3.22. The van der Waals surface area contributed by atoms with Crippen molar-refractivity contribution < 1.29 is 4.79 Å². The molecular weight excluding hydrogens is 356 g/mol. The number of thiocarbonyl (C=S) groups is 1. The van der Waals surface area contributed by atoms with Crippen molar-refractivity contribution in [2.24, 2.45) is 5.92 Å². The van der Waals surface area contributed by atoms with Crippen molar-refractivity contribution in [1.82, 2.24) is 14.3 Å². The number of hydrogen-bond donors (Lipinski definition) is 1. The maximum Gasteiger partial charge on any atom is 0.267 e. The Morgan fingerprint density at radius 3 is 2.76 bits per heavy atom. The van der Waals surface area contributed by atoms with Crippen molar-refractivity contribution in [3.05, 3.63) is 45.2 Å². The van der Waals surface area contributed by atoms with E-state index in [-0.39, 0.29) is 11.5 Å². The molecule has 1 N–H and O–H groups in total. The molecular formula is C17H18N4O2S2. The summed E-state index contributed by atoms with van der Waals surface area (Å²) in [6.07, 6.45) is 3.25. The van der Waals surface area contributed by atoms with Crippen LogP contribution in [0.2, 0.25) is 0 Å². The van der Waals surface area contributed by atoms with Crippen molar-refractivity contribution in [2.75, 3.05) is 18.9 Å². The summed E-state index contributed by atoms with van der Waals surface area (Å²) in [4.78, 5) is 31.6. The van der Waals surface area contributed by atoms with Crippen molar-refractivity contribution in [1.29, 1.82) is 0 Å². The van der Waals surface area contributed by atoms with Crippen molar-refractivity contribution >= 4 is 51.7 Å². The third kappa shape index (κ3) is 3.45. The molecule has 0 saturated carbocycles. The van der Waals surface area contributed by atoms with Gasteiger partial charge in [-0.3, -0.25) is 18.9 Å². The Kier molecular flexibility index (Phi) is 4.91. The Hall–Kier alpha value is -2.19. The van der Waals surface area contributed by atoms with Gasteiger partial charge in [0.05, 0.1) is 10.5 Å². The van der Waals surface area contributed by atoms with E-state index in [1.54, 1.807) is 31.5 Å². The number of anilines is 1. The molecule has 1 fully saturated rings. The predicted octanol–water partition coefficient (Wildman–Crippen LogP) is 2.59. The number of carbonyl (C=O) groups is 1. The molecule has 3 rings (SSSR count). The molecule has 3 heterocycles. The summed E-state index contributed by atoms with van der Waals surface area (Å²) in [6, 6.07) is 5.37. The minimum Gasteiger partial charge on any atom is -0.369 e. The standard InChI is InChI=1S/C17H18N4O2S2/c1-10(2)9-18-14-11(8-12-16(23)20(3)17(24)25-12)15(22)21-7-5-4-6-13(21)19-14/h4-8,10,18H,9H2,1-3H3. The first-order chi connectivity index (χ1) is 11.9. The van der Waals surface area contributed by atoms with E-state index in [2.05, 4.69) is 24.1 Å².